The molecule has 5 heteroatoms. The molecule has 1 atom stereocenters. The Balaban J connectivity index is 1.55. The van der Waals surface area contributed by atoms with Crippen LogP contribution in [0, 0.1) is 11.7 Å². The molecule has 3 aliphatic rings. The zero-order chi connectivity index (χ0) is 13.2. The molecule has 2 bridgehead atoms. The molecule has 0 saturated carbocycles. The van der Waals surface area contributed by atoms with Crippen molar-refractivity contribution in [3.8, 4) is 0 Å². The second kappa shape index (κ2) is 5.43. The number of thiocarbonyl (C=S) groups is 1. The fraction of sp³-hybridized carbons (Fsp3) is 0.500. The Kier molecular flexibility index (Phi) is 3.66. The predicted octanol–water partition coefficient (Wildman–Crippen LogP) is 2.21. The summed E-state index contributed by atoms with van der Waals surface area (Å²) in [6.07, 6.45) is 2.52. The van der Waals surface area contributed by atoms with E-state index in [0.717, 1.165) is 18.2 Å². The summed E-state index contributed by atoms with van der Waals surface area (Å²) in [4.78, 5) is 2.48. The minimum atomic E-state index is -0.234. The number of hydrogen-bond donors (Lipinski definition) is 2. The number of anilines is 1. The molecule has 0 aliphatic carbocycles. The van der Waals surface area contributed by atoms with Gasteiger partial charge in [-0.2, -0.15) is 0 Å². The summed E-state index contributed by atoms with van der Waals surface area (Å²) in [5, 5.41) is 7.14. The molecule has 3 aliphatic heterocycles. The van der Waals surface area contributed by atoms with E-state index >= 15 is 0 Å². The first-order valence-electron chi connectivity index (χ1n) is 6.76. The van der Waals surface area contributed by atoms with Crippen molar-refractivity contribution in [1.29, 1.82) is 0 Å². The molecule has 3 heterocycles. The van der Waals surface area contributed by atoms with Crippen LogP contribution in [0.5, 0.6) is 0 Å². The maximum absolute atomic E-state index is 12.8. The molecule has 3 saturated heterocycles. The summed E-state index contributed by atoms with van der Waals surface area (Å²) in [5.41, 5.74) is 0.820. The van der Waals surface area contributed by atoms with Crippen LogP contribution in [-0.2, 0) is 0 Å². The molecule has 4 rings (SSSR count). The number of nitrogens with zero attached hydrogens (tertiary/aromatic N) is 1. The van der Waals surface area contributed by atoms with Crippen molar-refractivity contribution >= 4 is 23.0 Å². The van der Waals surface area contributed by atoms with E-state index in [-0.39, 0.29) is 5.82 Å². The number of nitrogens with one attached hydrogen (secondary N) is 2. The standard InChI is InChI=1S/C14H18FN3S/c15-11-1-3-12(4-2-11)16-14(19)17-13-9-18-7-5-10(13)6-8-18/h1-4,10,13H,5-9H2,(H2,16,17,19). The Labute approximate surface area is 118 Å². The lowest BCUT2D eigenvalue weighted by atomic mass is 9.84. The number of fused-ring (bicyclic) bond motifs is 3. The van der Waals surface area contributed by atoms with Crippen molar-refractivity contribution in [3.05, 3.63) is 30.1 Å². The Hall–Kier alpha value is -1.20. The first kappa shape index (κ1) is 12.8. The number of rotatable bonds is 2. The van der Waals surface area contributed by atoms with Gasteiger partial charge in [-0.05, 0) is 68.3 Å². The fourth-order valence-electron chi connectivity index (χ4n) is 3.00. The lowest BCUT2D eigenvalue weighted by Gasteiger charge is -2.45. The maximum Gasteiger partial charge on any atom is 0.171 e. The summed E-state index contributed by atoms with van der Waals surface area (Å²) in [6, 6.07) is 6.70. The summed E-state index contributed by atoms with van der Waals surface area (Å²) in [5.74, 6) is 0.500. The topological polar surface area (TPSA) is 27.3 Å². The lowest BCUT2D eigenvalue weighted by Crippen LogP contribution is -2.57. The molecule has 2 N–H and O–H groups in total. The largest absolute Gasteiger partial charge is 0.358 e. The molecule has 0 radical (unpaired) electrons. The van der Waals surface area contributed by atoms with Crippen molar-refractivity contribution in [1.82, 2.24) is 10.2 Å². The molecule has 1 aromatic carbocycles. The molecule has 3 nitrogen and oxygen atoms in total. The quantitative estimate of drug-likeness (QED) is 0.812. The highest BCUT2D eigenvalue weighted by atomic mass is 32.1. The SMILES string of the molecule is Fc1ccc(NC(=S)NC2CN3CCC2CC3)cc1. The molecule has 19 heavy (non-hydrogen) atoms. The Morgan fingerprint density at radius 2 is 1.89 bits per heavy atom. The number of halogens is 1. The first-order chi connectivity index (χ1) is 9.20. The Bertz CT molecular complexity index is 454. The summed E-state index contributed by atoms with van der Waals surface area (Å²) < 4.78 is 12.8. The number of piperidine rings is 3. The Morgan fingerprint density at radius 1 is 1.21 bits per heavy atom. The van der Waals surface area contributed by atoms with Gasteiger partial charge in [0.25, 0.3) is 0 Å². The van der Waals surface area contributed by atoms with Crippen molar-refractivity contribution in [2.45, 2.75) is 18.9 Å². The van der Waals surface area contributed by atoms with Gasteiger partial charge >= 0.3 is 0 Å². The highest BCUT2D eigenvalue weighted by molar-refractivity contribution is 7.80. The van der Waals surface area contributed by atoms with Gasteiger partial charge in [0.05, 0.1) is 0 Å². The van der Waals surface area contributed by atoms with Crippen LogP contribution in [0.2, 0.25) is 0 Å². The van der Waals surface area contributed by atoms with E-state index in [1.807, 2.05) is 0 Å². The number of benzene rings is 1. The third kappa shape index (κ3) is 3.04. The van der Waals surface area contributed by atoms with Gasteiger partial charge in [-0.25, -0.2) is 4.39 Å². The second-order valence-electron chi connectivity index (χ2n) is 5.35. The molecule has 1 aromatic rings. The average molecular weight is 279 g/mol. The highest BCUT2D eigenvalue weighted by Crippen LogP contribution is 2.27. The van der Waals surface area contributed by atoms with Crippen LogP contribution < -0.4 is 10.6 Å². The predicted molar refractivity (Wildman–Crippen MR) is 78.7 cm³/mol. The van der Waals surface area contributed by atoms with Gasteiger partial charge < -0.3 is 15.5 Å². The van der Waals surface area contributed by atoms with Crippen molar-refractivity contribution in [2.24, 2.45) is 5.92 Å². The first-order valence-corrected chi connectivity index (χ1v) is 7.17. The third-order valence-corrected chi connectivity index (χ3v) is 4.29. The molecule has 0 spiro atoms. The fourth-order valence-corrected chi connectivity index (χ4v) is 3.27. The van der Waals surface area contributed by atoms with E-state index in [9.17, 15) is 4.39 Å². The second-order valence-corrected chi connectivity index (χ2v) is 5.76. The maximum atomic E-state index is 12.8. The van der Waals surface area contributed by atoms with Crippen LogP contribution in [0.25, 0.3) is 0 Å². The molecule has 102 valence electrons. The minimum Gasteiger partial charge on any atom is -0.358 e. The van der Waals surface area contributed by atoms with E-state index in [0.29, 0.717) is 11.2 Å². The lowest BCUT2D eigenvalue weighted by molar-refractivity contribution is 0.0815. The van der Waals surface area contributed by atoms with Crippen LogP contribution in [0.4, 0.5) is 10.1 Å². The monoisotopic (exact) mass is 279 g/mol. The summed E-state index contributed by atoms with van der Waals surface area (Å²) >= 11 is 5.33. The van der Waals surface area contributed by atoms with Crippen LogP contribution in [0.1, 0.15) is 12.8 Å². The van der Waals surface area contributed by atoms with Gasteiger partial charge in [0.15, 0.2) is 5.11 Å². The van der Waals surface area contributed by atoms with Crippen molar-refractivity contribution in [3.63, 3.8) is 0 Å². The highest BCUT2D eigenvalue weighted by Gasteiger charge is 2.34. The average Bonchev–Trinajstić information content (AvgIpc) is 2.43. The van der Waals surface area contributed by atoms with Gasteiger partial charge in [0, 0.05) is 18.3 Å². The molecule has 3 fully saturated rings. The third-order valence-electron chi connectivity index (χ3n) is 4.07. The van der Waals surface area contributed by atoms with E-state index in [4.69, 9.17) is 12.2 Å². The van der Waals surface area contributed by atoms with Gasteiger partial charge in [-0.1, -0.05) is 0 Å². The normalized spacial score (nSPS) is 29.0. The van der Waals surface area contributed by atoms with Crippen LogP contribution in [0.15, 0.2) is 24.3 Å². The summed E-state index contributed by atoms with van der Waals surface area (Å²) in [6.45, 7) is 3.53. The van der Waals surface area contributed by atoms with Gasteiger partial charge in [-0.3, -0.25) is 0 Å². The van der Waals surface area contributed by atoms with E-state index < -0.39 is 0 Å². The minimum absolute atomic E-state index is 0.234. The zero-order valence-electron chi connectivity index (χ0n) is 10.7. The van der Waals surface area contributed by atoms with Crippen LogP contribution >= 0.6 is 12.2 Å². The molecular formula is C14H18FN3S. The van der Waals surface area contributed by atoms with E-state index in [1.165, 1.54) is 38.1 Å². The van der Waals surface area contributed by atoms with Crippen LogP contribution in [0.3, 0.4) is 0 Å². The van der Waals surface area contributed by atoms with Gasteiger partial charge in [0.1, 0.15) is 5.82 Å². The van der Waals surface area contributed by atoms with Gasteiger partial charge in [-0.15, -0.1) is 0 Å². The molecule has 0 amide bonds. The van der Waals surface area contributed by atoms with Crippen LogP contribution in [-0.4, -0.2) is 35.7 Å². The molecule has 1 unspecified atom stereocenters. The van der Waals surface area contributed by atoms with E-state index in [1.54, 1.807) is 12.1 Å². The summed E-state index contributed by atoms with van der Waals surface area (Å²) in [7, 11) is 0. The molecular weight excluding hydrogens is 261 g/mol. The molecule has 0 aromatic heterocycles. The smallest absolute Gasteiger partial charge is 0.171 e. The van der Waals surface area contributed by atoms with Crippen molar-refractivity contribution in [2.75, 3.05) is 25.0 Å². The van der Waals surface area contributed by atoms with E-state index in [2.05, 4.69) is 15.5 Å². The Morgan fingerprint density at radius 3 is 2.47 bits per heavy atom. The van der Waals surface area contributed by atoms with Gasteiger partial charge in [0.2, 0.25) is 0 Å². The van der Waals surface area contributed by atoms with Crippen molar-refractivity contribution < 1.29 is 4.39 Å². The zero-order valence-corrected chi connectivity index (χ0v) is 11.5. The number of hydrogen-bond acceptors (Lipinski definition) is 2.